The zero-order valence-electron chi connectivity index (χ0n) is 32.8. The van der Waals surface area contributed by atoms with E-state index in [0.717, 1.165) is 88.6 Å². The number of anilines is 2. The van der Waals surface area contributed by atoms with Gasteiger partial charge < -0.3 is 20.1 Å². The van der Waals surface area contributed by atoms with Crippen molar-refractivity contribution in [3.05, 3.63) is 100.0 Å². The van der Waals surface area contributed by atoms with Crippen LogP contribution >= 0.6 is 11.6 Å². The Bertz CT molecular complexity index is 1980. The summed E-state index contributed by atoms with van der Waals surface area (Å²) in [5.41, 5.74) is 6.36. The summed E-state index contributed by atoms with van der Waals surface area (Å²) in [7, 11) is 0. The van der Waals surface area contributed by atoms with Crippen molar-refractivity contribution in [2.75, 3.05) is 43.0 Å². The van der Waals surface area contributed by atoms with Crippen molar-refractivity contribution >= 4 is 29.1 Å². The summed E-state index contributed by atoms with van der Waals surface area (Å²) in [5, 5.41) is 19.5. The minimum absolute atomic E-state index is 0.0876. The molecule has 8 rings (SSSR count). The fourth-order valence-corrected chi connectivity index (χ4v) is 10.5. The summed E-state index contributed by atoms with van der Waals surface area (Å²) in [6, 6.07) is 18.9. The highest BCUT2D eigenvalue weighted by molar-refractivity contribution is 6.30. The summed E-state index contributed by atoms with van der Waals surface area (Å²) in [6.07, 6.45) is 12.2. The number of aliphatic carboxylic acids is 1. The Hall–Kier alpha value is -4.08. The molecular formula is C45H57ClN6O3. The number of nitrogens with zero attached hydrogens (tertiary/aromatic N) is 5. The smallest absolute Gasteiger partial charge is 0.329 e. The number of halogens is 1. The normalized spacial score (nSPS) is 25.7. The van der Waals surface area contributed by atoms with Crippen molar-refractivity contribution in [3.8, 4) is 5.75 Å². The molecule has 2 aromatic heterocycles. The number of piperazine rings is 1. The fraction of sp³-hybridized carbons (Fsp3) is 0.533. The summed E-state index contributed by atoms with van der Waals surface area (Å²) in [5.74, 6) is 2.51. The quantitative estimate of drug-likeness (QED) is 0.148. The SMILES string of the molecule is CCn1ccc(N2CCN(Cc3ccc4c(c3)C3(CCC(Nc5cccc(Cl)c5)(C(=O)O)CC3)[C@@H](C[C@@H](C)COc3ccnc5c3[C@H](C)CCC5)C4)CC2)n1. The first-order valence-corrected chi connectivity index (χ1v) is 21.0. The molecule has 2 aromatic carbocycles. The van der Waals surface area contributed by atoms with E-state index < -0.39 is 11.5 Å². The van der Waals surface area contributed by atoms with Crippen LogP contribution in [0.3, 0.4) is 0 Å². The van der Waals surface area contributed by atoms with Gasteiger partial charge in [-0.15, -0.1) is 0 Å². The number of ether oxygens (including phenoxy) is 1. The predicted molar refractivity (Wildman–Crippen MR) is 219 cm³/mol. The molecule has 1 spiro atoms. The fourth-order valence-electron chi connectivity index (χ4n) is 10.3. The van der Waals surface area contributed by atoms with E-state index in [1.165, 1.54) is 40.8 Å². The molecule has 292 valence electrons. The van der Waals surface area contributed by atoms with E-state index in [2.05, 4.69) is 72.4 Å². The number of aromatic nitrogens is 3. The number of pyridine rings is 1. The molecule has 2 fully saturated rings. The lowest BCUT2D eigenvalue weighted by Crippen LogP contribution is -2.53. The zero-order chi connectivity index (χ0) is 38.2. The van der Waals surface area contributed by atoms with Crippen molar-refractivity contribution in [1.82, 2.24) is 19.7 Å². The van der Waals surface area contributed by atoms with E-state index >= 15 is 0 Å². The third-order valence-electron chi connectivity index (χ3n) is 13.4. The molecule has 3 aliphatic carbocycles. The van der Waals surface area contributed by atoms with E-state index in [-0.39, 0.29) is 5.41 Å². The van der Waals surface area contributed by atoms with Crippen LogP contribution in [0.5, 0.6) is 5.75 Å². The molecular weight excluding hydrogens is 708 g/mol. The Labute approximate surface area is 331 Å². The third-order valence-corrected chi connectivity index (χ3v) is 13.6. The Morgan fingerprint density at radius 2 is 1.89 bits per heavy atom. The second-order valence-electron chi connectivity index (χ2n) is 17.0. The topological polar surface area (TPSA) is 95.8 Å². The Morgan fingerprint density at radius 3 is 2.64 bits per heavy atom. The van der Waals surface area contributed by atoms with E-state index in [1.54, 1.807) is 0 Å². The van der Waals surface area contributed by atoms with Crippen LogP contribution < -0.4 is 15.0 Å². The van der Waals surface area contributed by atoms with E-state index in [1.807, 2.05) is 35.1 Å². The second-order valence-corrected chi connectivity index (χ2v) is 17.4. The van der Waals surface area contributed by atoms with Gasteiger partial charge >= 0.3 is 5.97 Å². The molecule has 2 N–H and O–H groups in total. The predicted octanol–water partition coefficient (Wildman–Crippen LogP) is 8.74. The average molecular weight is 765 g/mol. The first-order chi connectivity index (χ1) is 26.6. The number of fused-ring (bicyclic) bond motifs is 3. The Kier molecular flexibility index (Phi) is 10.9. The number of benzene rings is 2. The number of carbonyl (C=O) groups is 1. The molecule has 0 amide bonds. The molecule has 0 unspecified atom stereocenters. The van der Waals surface area contributed by atoms with Crippen LogP contribution in [0.25, 0.3) is 0 Å². The van der Waals surface area contributed by atoms with Crippen LogP contribution in [-0.4, -0.2) is 69.1 Å². The largest absolute Gasteiger partial charge is 0.493 e. The van der Waals surface area contributed by atoms with E-state index in [9.17, 15) is 9.90 Å². The number of carboxylic acid groups (broad SMARTS) is 1. The maximum absolute atomic E-state index is 13.1. The van der Waals surface area contributed by atoms with Crippen molar-refractivity contribution in [2.24, 2.45) is 11.8 Å². The molecule has 4 aliphatic rings. The maximum Gasteiger partial charge on any atom is 0.329 e. The minimum Gasteiger partial charge on any atom is -0.493 e. The monoisotopic (exact) mass is 764 g/mol. The lowest BCUT2D eigenvalue weighted by Gasteiger charge is -2.47. The van der Waals surface area contributed by atoms with Gasteiger partial charge in [0.25, 0.3) is 0 Å². The summed E-state index contributed by atoms with van der Waals surface area (Å²) >= 11 is 6.33. The number of carboxylic acids is 1. The number of hydrogen-bond acceptors (Lipinski definition) is 7. The molecule has 1 saturated heterocycles. The Balaban J connectivity index is 1.01. The van der Waals surface area contributed by atoms with Crippen molar-refractivity contribution in [2.45, 2.75) is 109 Å². The molecule has 3 atom stereocenters. The highest BCUT2D eigenvalue weighted by atomic mass is 35.5. The van der Waals surface area contributed by atoms with Crippen molar-refractivity contribution < 1.29 is 14.6 Å². The van der Waals surface area contributed by atoms with Gasteiger partial charge in [0, 0.05) is 79.7 Å². The summed E-state index contributed by atoms with van der Waals surface area (Å²) in [6.45, 7) is 13.1. The number of rotatable bonds is 12. The van der Waals surface area contributed by atoms with Gasteiger partial charge in [-0.25, -0.2) is 4.79 Å². The standard InChI is InChI=1S/C45H57ClN6O3/c1-4-52-20-14-41(49-52)51-23-21-50(22-24-51)29-33-11-12-34-27-35(25-31(2)30-55-40-13-19-47-39-10-5-7-32(3)42(39)40)44(38(34)26-33)15-17-45(18-16-44,43(53)54)48-37-9-6-8-36(46)28-37/h6,8-9,11-14,19-20,26,28,31-32,35,48H,4-5,7,10,15-18,21-25,27,29-30H2,1-3H3,(H,53,54)/t31-,32-,35+,44?,45?/m1/s1. The van der Waals surface area contributed by atoms with Gasteiger partial charge in [-0.2, -0.15) is 5.10 Å². The molecule has 4 aromatic rings. The first kappa shape index (κ1) is 37.8. The molecule has 10 heteroatoms. The van der Waals surface area contributed by atoms with Crippen LogP contribution in [0.4, 0.5) is 11.5 Å². The van der Waals surface area contributed by atoms with Crippen LogP contribution in [0, 0.1) is 11.8 Å². The Morgan fingerprint density at radius 1 is 1.07 bits per heavy atom. The van der Waals surface area contributed by atoms with Crippen molar-refractivity contribution in [3.63, 3.8) is 0 Å². The van der Waals surface area contributed by atoms with Crippen LogP contribution in [0.2, 0.25) is 5.02 Å². The molecule has 9 nitrogen and oxygen atoms in total. The number of hydrogen-bond donors (Lipinski definition) is 2. The third kappa shape index (κ3) is 7.71. The molecule has 1 aliphatic heterocycles. The highest BCUT2D eigenvalue weighted by Gasteiger charge is 2.54. The number of nitrogens with one attached hydrogen (secondary N) is 1. The lowest BCUT2D eigenvalue weighted by molar-refractivity contribution is -0.144. The molecule has 3 heterocycles. The van der Waals surface area contributed by atoms with E-state index in [0.29, 0.717) is 42.2 Å². The molecule has 0 bridgehead atoms. The van der Waals surface area contributed by atoms with Crippen molar-refractivity contribution in [1.29, 1.82) is 0 Å². The van der Waals surface area contributed by atoms with Gasteiger partial charge in [0.15, 0.2) is 5.82 Å². The summed E-state index contributed by atoms with van der Waals surface area (Å²) in [4.78, 5) is 22.8. The van der Waals surface area contributed by atoms with Gasteiger partial charge in [0.1, 0.15) is 11.3 Å². The first-order valence-electron chi connectivity index (χ1n) is 20.7. The minimum atomic E-state index is -1.04. The van der Waals surface area contributed by atoms with Gasteiger partial charge in [-0.05, 0) is 129 Å². The van der Waals surface area contributed by atoms with Crippen LogP contribution in [-0.2, 0) is 36.1 Å². The van der Waals surface area contributed by atoms with Crippen LogP contribution in [0.1, 0.15) is 99.6 Å². The molecule has 55 heavy (non-hydrogen) atoms. The summed E-state index contributed by atoms with van der Waals surface area (Å²) < 4.78 is 8.63. The molecule has 1 saturated carbocycles. The van der Waals surface area contributed by atoms with E-state index in [4.69, 9.17) is 26.4 Å². The van der Waals surface area contributed by atoms with Crippen LogP contribution in [0.15, 0.2) is 67.0 Å². The van der Waals surface area contributed by atoms with Gasteiger partial charge in [0.05, 0.1) is 6.61 Å². The highest BCUT2D eigenvalue weighted by Crippen LogP contribution is 2.56. The van der Waals surface area contributed by atoms with Gasteiger partial charge in [0.2, 0.25) is 0 Å². The average Bonchev–Trinajstić information content (AvgIpc) is 3.78. The number of aryl methyl sites for hydroxylation is 2. The zero-order valence-corrected chi connectivity index (χ0v) is 33.5. The lowest BCUT2D eigenvalue weighted by atomic mass is 9.59. The second kappa shape index (κ2) is 15.8. The molecule has 0 radical (unpaired) electrons. The van der Waals surface area contributed by atoms with Gasteiger partial charge in [-0.1, -0.05) is 49.7 Å². The van der Waals surface area contributed by atoms with Gasteiger partial charge in [-0.3, -0.25) is 14.6 Å². The maximum atomic E-state index is 13.1.